The molecule has 0 saturated heterocycles. The van der Waals surface area contributed by atoms with E-state index < -0.39 is 11.0 Å². The van der Waals surface area contributed by atoms with Gasteiger partial charge in [0.25, 0.3) is 5.69 Å². The molecule has 0 aliphatic rings. The topological polar surface area (TPSA) is 147 Å². The molecule has 0 radical (unpaired) electrons. The Bertz CT molecular complexity index is 1110. The third-order valence-corrected chi connectivity index (χ3v) is 3.85. The number of rotatable bonds is 4. The number of anilines is 1. The molecule has 3 aromatic rings. The highest BCUT2D eigenvalue weighted by Gasteiger charge is 2.14. The van der Waals surface area contributed by atoms with E-state index in [9.17, 15) is 25.1 Å². The van der Waals surface area contributed by atoms with Crippen molar-refractivity contribution in [3.8, 4) is 11.5 Å². The fraction of sp³-hybridized carbons (Fsp3) is 0.0556. The van der Waals surface area contributed by atoms with Gasteiger partial charge in [-0.1, -0.05) is 18.2 Å². The van der Waals surface area contributed by atoms with Crippen LogP contribution in [0.15, 0.2) is 58.8 Å². The van der Waals surface area contributed by atoms with E-state index in [-0.39, 0.29) is 28.6 Å². The second-order valence-corrected chi connectivity index (χ2v) is 5.58. The number of nitrogens with zero attached hydrogens (tertiary/aromatic N) is 3. The number of carbonyl (C=O) groups excluding carboxylic acids is 1. The number of hydrogen-bond acceptors (Lipinski definition) is 8. The lowest BCUT2D eigenvalue weighted by atomic mass is 10.1. The van der Waals surface area contributed by atoms with Gasteiger partial charge in [0.2, 0.25) is 0 Å². The molecule has 0 fully saturated rings. The van der Waals surface area contributed by atoms with E-state index in [2.05, 4.69) is 20.3 Å². The molecular formula is C18H14N4O6. The molecule has 3 N–H and O–H groups in total. The Morgan fingerprint density at radius 1 is 1.11 bits per heavy atom. The van der Waals surface area contributed by atoms with Crippen LogP contribution in [0.4, 0.5) is 27.5 Å². The van der Waals surface area contributed by atoms with Crippen LogP contribution < -0.4 is 5.32 Å². The Balaban J connectivity index is 2.14. The van der Waals surface area contributed by atoms with Gasteiger partial charge in [-0.15, -0.1) is 10.2 Å². The quantitative estimate of drug-likeness (QED) is 0.337. The number of fused-ring (bicyclic) bond motifs is 1. The van der Waals surface area contributed by atoms with Crippen LogP contribution >= 0.6 is 0 Å². The third kappa shape index (κ3) is 3.65. The van der Waals surface area contributed by atoms with Gasteiger partial charge in [0.15, 0.2) is 0 Å². The van der Waals surface area contributed by atoms with Crippen LogP contribution in [0.25, 0.3) is 10.8 Å². The summed E-state index contributed by atoms with van der Waals surface area (Å²) in [5.74, 6) is -0.553. The molecule has 10 nitrogen and oxygen atoms in total. The average molecular weight is 382 g/mol. The van der Waals surface area contributed by atoms with Crippen molar-refractivity contribution < 1.29 is 24.7 Å². The number of azo groups is 1. The highest BCUT2D eigenvalue weighted by Crippen LogP contribution is 2.41. The summed E-state index contributed by atoms with van der Waals surface area (Å²) in [5, 5.41) is 42.4. The van der Waals surface area contributed by atoms with Crippen molar-refractivity contribution >= 4 is 39.6 Å². The standard InChI is InChI=1S/C18H14N4O6/c1-28-18(25)19-12-4-2-3-10-5-7-15(24)17(16(10)12)21-20-13-9-11(22(26)27)6-8-14(13)23/h2-9,23-24H,1H3,(H,19,25). The van der Waals surface area contributed by atoms with Crippen LogP contribution in [0, 0.1) is 10.1 Å². The fourth-order valence-corrected chi connectivity index (χ4v) is 2.52. The van der Waals surface area contributed by atoms with Gasteiger partial charge in [-0.3, -0.25) is 15.4 Å². The van der Waals surface area contributed by atoms with Gasteiger partial charge in [-0.2, -0.15) is 0 Å². The van der Waals surface area contributed by atoms with E-state index in [4.69, 9.17) is 0 Å². The molecule has 0 aliphatic carbocycles. The minimum atomic E-state index is -0.713. The number of nitro benzene ring substituents is 1. The van der Waals surface area contributed by atoms with Gasteiger partial charge in [0.1, 0.15) is 22.9 Å². The van der Waals surface area contributed by atoms with Crippen LogP contribution in [0.1, 0.15) is 0 Å². The largest absolute Gasteiger partial charge is 0.506 e. The number of non-ortho nitro benzene ring substituents is 1. The van der Waals surface area contributed by atoms with Crippen molar-refractivity contribution in [2.24, 2.45) is 10.2 Å². The molecule has 0 aliphatic heterocycles. The molecule has 28 heavy (non-hydrogen) atoms. The lowest BCUT2D eigenvalue weighted by Crippen LogP contribution is -2.11. The molecule has 0 heterocycles. The lowest BCUT2D eigenvalue weighted by molar-refractivity contribution is -0.384. The molecule has 3 aromatic carbocycles. The predicted molar refractivity (Wildman–Crippen MR) is 101 cm³/mol. The fourth-order valence-electron chi connectivity index (χ4n) is 2.52. The zero-order valence-corrected chi connectivity index (χ0v) is 14.5. The summed E-state index contributed by atoms with van der Waals surface area (Å²) < 4.78 is 4.59. The smallest absolute Gasteiger partial charge is 0.411 e. The number of methoxy groups -OCH3 is 1. The van der Waals surface area contributed by atoms with Crippen LogP contribution in [0.2, 0.25) is 0 Å². The summed E-state index contributed by atoms with van der Waals surface area (Å²) in [6, 6.07) is 11.3. The summed E-state index contributed by atoms with van der Waals surface area (Å²) in [7, 11) is 1.21. The van der Waals surface area contributed by atoms with E-state index in [0.29, 0.717) is 16.5 Å². The number of ether oxygens (including phenoxy) is 1. The average Bonchev–Trinajstić information content (AvgIpc) is 2.68. The highest BCUT2D eigenvalue weighted by atomic mass is 16.6. The number of phenols is 2. The molecule has 3 rings (SSSR count). The first-order chi connectivity index (χ1) is 13.4. The number of amides is 1. The number of nitro groups is 1. The maximum absolute atomic E-state index is 11.6. The van der Waals surface area contributed by atoms with Crippen molar-refractivity contribution in [3.05, 3.63) is 58.6 Å². The SMILES string of the molecule is COC(=O)Nc1cccc2ccc(O)c(N=Nc3cc([N+](=O)[O-])ccc3O)c12. The van der Waals surface area contributed by atoms with Crippen molar-refractivity contribution in [1.82, 2.24) is 0 Å². The summed E-state index contributed by atoms with van der Waals surface area (Å²) in [6.45, 7) is 0. The first-order valence-electron chi connectivity index (χ1n) is 7.89. The van der Waals surface area contributed by atoms with Gasteiger partial charge < -0.3 is 14.9 Å². The molecule has 1 amide bonds. The number of hydrogen-bond donors (Lipinski definition) is 3. The summed E-state index contributed by atoms with van der Waals surface area (Å²) in [5.41, 5.74) is -0.0983. The zero-order chi connectivity index (χ0) is 20.3. The number of carbonyl (C=O) groups is 1. The van der Waals surface area contributed by atoms with E-state index in [1.165, 1.54) is 13.2 Å². The van der Waals surface area contributed by atoms with E-state index in [0.717, 1.165) is 18.2 Å². The minimum absolute atomic E-state index is 0.00964. The Kier molecular flexibility index (Phi) is 5.03. The first kappa shape index (κ1) is 18.6. The molecule has 0 bridgehead atoms. The Morgan fingerprint density at radius 2 is 1.86 bits per heavy atom. The third-order valence-electron chi connectivity index (χ3n) is 3.85. The van der Waals surface area contributed by atoms with Crippen molar-refractivity contribution in [3.63, 3.8) is 0 Å². The number of aromatic hydroxyl groups is 2. The van der Waals surface area contributed by atoms with Gasteiger partial charge in [0, 0.05) is 17.5 Å². The number of nitrogens with one attached hydrogen (secondary N) is 1. The highest BCUT2D eigenvalue weighted by molar-refractivity contribution is 6.07. The second-order valence-electron chi connectivity index (χ2n) is 5.58. The maximum atomic E-state index is 11.6. The summed E-state index contributed by atoms with van der Waals surface area (Å²) >= 11 is 0. The van der Waals surface area contributed by atoms with Crippen LogP contribution in [-0.4, -0.2) is 28.3 Å². The second kappa shape index (κ2) is 7.58. The molecule has 0 aromatic heterocycles. The molecule has 142 valence electrons. The summed E-state index contributed by atoms with van der Waals surface area (Å²) in [4.78, 5) is 21.9. The molecule has 0 unspecified atom stereocenters. The van der Waals surface area contributed by atoms with E-state index in [1.54, 1.807) is 24.3 Å². The van der Waals surface area contributed by atoms with E-state index >= 15 is 0 Å². The van der Waals surface area contributed by atoms with Crippen LogP contribution in [0.3, 0.4) is 0 Å². The maximum Gasteiger partial charge on any atom is 0.411 e. The van der Waals surface area contributed by atoms with Crippen molar-refractivity contribution in [2.45, 2.75) is 0 Å². The number of benzene rings is 3. The Hall–Kier alpha value is -4.21. The molecule has 0 atom stereocenters. The Morgan fingerprint density at radius 3 is 2.57 bits per heavy atom. The molecule has 0 spiro atoms. The van der Waals surface area contributed by atoms with Gasteiger partial charge in [-0.05, 0) is 23.6 Å². The van der Waals surface area contributed by atoms with Gasteiger partial charge >= 0.3 is 6.09 Å². The number of phenolic OH excluding ortho intramolecular Hbond substituents is 2. The first-order valence-corrected chi connectivity index (χ1v) is 7.89. The van der Waals surface area contributed by atoms with Gasteiger partial charge in [0.05, 0.1) is 17.7 Å². The molecule has 10 heteroatoms. The Labute approximate surface area is 157 Å². The van der Waals surface area contributed by atoms with Crippen LogP contribution in [-0.2, 0) is 4.74 Å². The van der Waals surface area contributed by atoms with Crippen molar-refractivity contribution in [1.29, 1.82) is 0 Å². The lowest BCUT2D eigenvalue weighted by Gasteiger charge is -2.10. The normalized spacial score (nSPS) is 10.9. The minimum Gasteiger partial charge on any atom is -0.506 e. The van der Waals surface area contributed by atoms with E-state index in [1.807, 2.05) is 0 Å². The summed E-state index contributed by atoms with van der Waals surface area (Å²) in [6.07, 6.45) is -0.713. The molecule has 0 saturated carbocycles. The zero-order valence-electron chi connectivity index (χ0n) is 14.5. The van der Waals surface area contributed by atoms with Gasteiger partial charge in [-0.25, -0.2) is 4.79 Å². The monoisotopic (exact) mass is 382 g/mol. The van der Waals surface area contributed by atoms with Crippen molar-refractivity contribution in [2.75, 3.05) is 12.4 Å². The predicted octanol–water partition coefficient (Wildman–Crippen LogP) is 4.75. The molecular weight excluding hydrogens is 368 g/mol. The van der Waals surface area contributed by atoms with Crippen LogP contribution in [0.5, 0.6) is 11.5 Å².